The highest BCUT2D eigenvalue weighted by Gasteiger charge is 2.28. The maximum absolute atomic E-state index is 12.6. The van der Waals surface area contributed by atoms with E-state index < -0.39 is 0 Å². The van der Waals surface area contributed by atoms with Crippen LogP contribution in [0.1, 0.15) is 41.6 Å². The Labute approximate surface area is 169 Å². The van der Waals surface area contributed by atoms with Gasteiger partial charge in [-0.05, 0) is 61.2 Å². The lowest BCUT2D eigenvalue weighted by atomic mass is 9.95. The molecule has 146 valence electrons. The second-order valence-corrected chi connectivity index (χ2v) is 7.93. The average Bonchev–Trinajstić information content (AvgIpc) is 3.20. The second-order valence-electron chi connectivity index (χ2n) is 7.49. The van der Waals surface area contributed by atoms with Crippen LogP contribution in [0.2, 0.25) is 5.02 Å². The Morgan fingerprint density at radius 2 is 1.89 bits per heavy atom. The van der Waals surface area contributed by atoms with Gasteiger partial charge in [0.25, 0.3) is 5.91 Å². The third-order valence-corrected chi connectivity index (χ3v) is 5.62. The number of benzene rings is 2. The van der Waals surface area contributed by atoms with Crippen LogP contribution in [-0.2, 0) is 11.2 Å². The van der Waals surface area contributed by atoms with Crippen molar-refractivity contribution in [3.05, 3.63) is 58.6 Å². The summed E-state index contributed by atoms with van der Waals surface area (Å²) in [6.45, 7) is 0.389. The van der Waals surface area contributed by atoms with Gasteiger partial charge in [-0.25, -0.2) is 0 Å². The van der Waals surface area contributed by atoms with Crippen molar-refractivity contribution in [1.29, 1.82) is 0 Å². The van der Waals surface area contributed by atoms with Crippen molar-refractivity contribution in [1.82, 2.24) is 5.32 Å². The van der Waals surface area contributed by atoms with Gasteiger partial charge in [-0.2, -0.15) is 0 Å². The minimum atomic E-state index is -0.227. The summed E-state index contributed by atoms with van der Waals surface area (Å²) in [7, 11) is 0. The highest BCUT2D eigenvalue weighted by molar-refractivity contribution is 6.31. The number of halogens is 1. The molecule has 2 aliphatic rings. The van der Waals surface area contributed by atoms with Crippen LogP contribution in [0.5, 0.6) is 5.75 Å². The van der Waals surface area contributed by atoms with Crippen LogP contribution in [0.25, 0.3) is 0 Å². The van der Waals surface area contributed by atoms with Crippen LogP contribution in [0.15, 0.2) is 42.5 Å². The van der Waals surface area contributed by atoms with E-state index >= 15 is 0 Å². The summed E-state index contributed by atoms with van der Waals surface area (Å²) in [4.78, 5) is 25.0. The minimum absolute atomic E-state index is 0.0610. The highest BCUT2D eigenvalue weighted by atomic mass is 35.5. The fourth-order valence-corrected chi connectivity index (χ4v) is 4.05. The Hall–Kier alpha value is -2.53. The molecule has 1 unspecified atom stereocenters. The first-order valence-corrected chi connectivity index (χ1v) is 10.1. The molecule has 4 rings (SSSR count). The lowest BCUT2D eigenvalue weighted by molar-refractivity contribution is -0.127. The summed E-state index contributed by atoms with van der Waals surface area (Å²) in [5.74, 6) is 0.401. The van der Waals surface area contributed by atoms with Crippen molar-refractivity contribution in [3.63, 3.8) is 0 Å². The van der Waals surface area contributed by atoms with Gasteiger partial charge in [-0.1, -0.05) is 30.5 Å². The zero-order valence-corrected chi connectivity index (χ0v) is 16.3. The van der Waals surface area contributed by atoms with Gasteiger partial charge in [0.2, 0.25) is 5.91 Å². The molecule has 28 heavy (non-hydrogen) atoms. The van der Waals surface area contributed by atoms with Crippen molar-refractivity contribution in [2.45, 2.75) is 38.1 Å². The molecule has 6 heteroatoms. The lowest BCUT2D eigenvalue weighted by Crippen LogP contribution is -2.41. The smallest absolute Gasteiger partial charge is 0.255 e. The summed E-state index contributed by atoms with van der Waals surface area (Å²) in [5.41, 5.74) is 2.10. The van der Waals surface area contributed by atoms with E-state index in [2.05, 4.69) is 10.6 Å². The molecule has 1 heterocycles. The number of fused-ring (bicyclic) bond motifs is 1. The van der Waals surface area contributed by atoms with Crippen LogP contribution >= 0.6 is 11.6 Å². The maximum Gasteiger partial charge on any atom is 0.255 e. The molecule has 2 aromatic carbocycles. The zero-order valence-electron chi connectivity index (χ0n) is 15.5. The van der Waals surface area contributed by atoms with Gasteiger partial charge in [0, 0.05) is 22.3 Å². The third kappa shape index (κ3) is 4.30. The molecule has 2 amide bonds. The van der Waals surface area contributed by atoms with Gasteiger partial charge in [0.1, 0.15) is 12.4 Å². The normalized spacial score (nSPS) is 18.8. The lowest BCUT2D eigenvalue weighted by Gasteiger charge is -2.26. The SMILES string of the molecule is O=C(Nc1ccc2c(c1)CC(C(=O)NC1CCCC1)CO2)c1cccc(Cl)c1. The van der Waals surface area contributed by atoms with Crippen LogP contribution in [-0.4, -0.2) is 24.5 Å². The minimum Gasteiger partial charge on any atom is -0.492 e. The van der Waals surface area contributed by atoms with E-state index in [1.807, 2.05) is 12.1 Å². The number of carbonyl (C=O) groups excluding carboxylic acids is 2. The quantitative estimate of drug-likeness (QED) is 0.810. The van der Waals surface area contributed by atoms with Gasteiger partial charge < -0.3 is 15.4 Å². The molecule has 0 saturated heterocycles. The topological polar surface area (TPSA) is 67.4 Å². The van der Waals surface area contributed by atoms with E-state index in [0.29, 0.717) is 35.3 Å². The molecule has 0 spiro atoms. The molecule has 1 atom stereocenters. The molecule has 0 bridgehead atoms. The van der Waals surface area contributed by atoms with E-state index in [-0.39, 0.29) is 17.7 Å². The number of hydrogen-bond acceptors (Lipinski definition) is 3. The van der Waals surface area contributed by atoms with Crippen molar-refractivity contribution >= 4 is 29.1 Å². The molecular formula is C22H23ClN2O3. The fraction of sp³-hybridized carbons (Fsp3) is 0.364. The molecule has 2 aromatic rings. The summed E-state index contributed by atoms with van der Waals surface area (Å²) in [6.07, 6.45) is 5.11. The first-order chi connectivity index (χ1) is 13.6. The number of rotatable bonds is 4. The zero-order chi connectivity index (χ0) is 19.5. The first-order valence-electron chi connectivity index (χ1n) is 9.71. The molecule has 1 saturated carbocycles. The van der Waals surface area contributed by atoms with E-state index in [0.717, 1.165) is 24.2 Å². The van der Waals surface area contributed by atoms with Gasteiger partial charge in [0.05, 0.1) is 5.92 Å². The summed E-state index contributed by atoms with van der Waals surface area (Å²) in [6, 6.07) is 12.6. The standard InChI is InChI=1S/C22H23ClN2O3/c23-17-5-3-4-14(11-17)21(26)25-19-8-9-20-15(12-19)10-16(13-28-20)22(27)24-18-6-1-2-7-18/h3-5,8-9,11-12,16,18H,1-2,6-7,10,13H2,(H,24,27)(H,25,26). The maximum atomic E-state index is 12.6. The molecule has 1 fully saturated rings. The Bertz CT molecular complexity index is 893. The molecule has 2 N–H and O–H groups in total. The van der Waals surface area contributed by atoms with Crippen LogP contribution in [0.3, 0.4) is 0 Å². The number of nitrogens with one attached hydrogen (secondary N) is 2. The Morgan fingerprint density at radius 1 is 1.07 bits per heavy atom. The number of hydrogen-bond donors (Lipinski definition) is 2. The van der Waals surface area contributed by atoms with Crippen LogP contribution < -0.4 is 15.4 Å². The Morgan fingerprint density at radius 3 is 2.68 bits per heavy atom. The van der Waals surface area contributed by atoms with Crippen molar-refractivity contribution in [2.75, 3.05) is 11.9 Å². The second kappa shape index (κ2) is 8.23. The summed E-state index contributed by atoms with van der Waals surface area (Å²) < 4.78 is 5.79. The predicted molar refractivity (Wildman–Crippen MR) is 109 cm³/mol. The molecule has 1 aliphatic heterocycles. The number of carbonyl (C=O) groups is 2. The number of amides is 2. The van der Waals surface area contributed by atoms with Crippen molar-refractivity contribution < 1.29 is 14.3 Å². The van der Waals surface area contributed by atoms with Gasteiger partial charge in [-0.3, -0.25) is 9.59 Å². The average molecular weight is 399 g/mol. The third-order valence-electron chi connectivity index (χ3n) is 5.38. The number of anilines is 1. The summed E-state index contributed by atoms with van der Waals surface area (Å²) >= 11 is 5.96. The number of ether oxygens (including phenoxy) is 1. The monoisotopic (exact) mass is 398 g/mol. The molecule has 5 nitrogen and oxygen atoms in total. The van der Waals surface area contributed by atoms with E-state index in [1.54, 1.807) is 30.3 Å². The van der Waals surface area contributed by atoms with Crippen molar-refractivity contribution in [2.24, 2.45) is 5.92 Å². The fourth-order valence-electron chi connectivity index (χ4n) is 3.86. The van der Waals surface area contributed by atoms with Gasteiger partial charge >= 0.3 is 0 Å². The molecule has 1 aliphatic carbocycles. The predicted octanol–water partition coefficient (Wildman–Crippen LogP) is 4.20. The van der Waals surface area contributed by atoms with Gasteiger partial charge in [-0.15, -0.1) is 0 Å². The van der Waals surface area contributed by atoms with E-state index in [9.17, 15) is 9.59 Å². The summed E-state index contributed by atoms with van der Waals surface area (Å²) in [5, 5.41) is 6.55. The van der Waals surface area contributed by atoms with E-state index in [4.69, 9.17) is 16.3 Å². The van der Waals surface area contributed by atoms with E-state index in [1.165, 1.54) is 12.8 Å². The van der Waals surface area contributed by atoms with Gasteiger partial charge in [0.15, 0.2) is 0 Å². The van der Waals surface area contributed by atoms with Crippen molar-refractivity contribution in [3.8, 4) is 5.75 Å². The highest BCUT2D eigenvalue weighted by Crippen LogP contribution is 2.30. The Balaban J connectivity index is 1.43. The largest absolute Gasteiger partial charge is 0.492 e. The molecule has 0 radical (unpaired) electrons. The molecule has 0 aromatic heterocycles. The Kier molecular flexibility index (Phi) is 5.53. The molecular weight excluding hydrogens is 376 g/mol. The first kappa shape index (κ1) is 18.8. The van der Waals surface area contributed by atoms with Crippen LogP contribution in [0, 0.1) is 5.92 Å². The van der Waals surface area contributed by atoms with Crippen LogP contribution in [0.4, 0.5) is 5.69 Å².